The number of aromatic nitrogens is 2. The van der Waals surface area contributed by atoms with E-state index < -0.39 is 0 Å². The molecule has 0 saturated carbocycles. The summed E-state index contributed by atoms with van der Waals surface area (Å²) in [5.74, 6) is -0.532. The van der Waals surface area contributed by atoms with Gasteiger partial charge in [0.25, 0.3) is 0 Å². The summed E-state index contributed by atoms with van der Waals surface area (Å²) in [5.41, 5.74) is 1.93. The maximum Gasteiger partial charge on any atom is 0.234 e. The van der Waals surface area contributed by atoms with E-state index in [2.05, 4.69) is 15.6 Å². The Bertz CT molecular complexity index is 956. The van der Waals surface area contributed by atoms with E-state index in [0.717, 1.165) is 0 Å². The first-order valence-electron chi connectivity index (χ1n) is 8.11. The first-order chi connectivity index (χ1) is 13.0. The summed E-state index contributed by atoms with van der Waals surface area (Å²) < 4.78 is 15.1. The third-order valence-electron chi connectivity index (χ3n) is 3.51. The Morgan fingerprint density at radius 2 is 1.81 bits per heavy atom. The van der Waals surface area contributed by atoms with E-state index >= 15 is 0 Å². The predicted octanol–water partition coefficient (Wildman–Crippen LogP) is 3.70. The Hall–Kier alpha value is -3.13. The largest absolute Gasteiger partial charge is 0.326 e. The summed E-state index contributed by atoms with van der Waals surface area (Å²) in [4.78, 5) is 27.4. The van der Waals surface area contributed by atoms with Crippen LogP contribution in [0, 0.1) is 5.82 Å². The Morgan fingerprint density at radius 1 is 1.11 bits per heavy atom. The van der Waals surface area contributed by atoms with Crippen molar-refractivity contribution in [2.45, 2.75) is 12.1 Å². The molecule has 3 rings (SSSR count). The lowest BCUT2D eigenvalue weighted by Gasteiger charge is -2.09. The van der Waals surface area contributed by atoms with Crippen LogP contribution in [-0.2, 0) is 9.59 Å². The van der Waals surface area contributed by atoms with Gasteiger partial charge in [0.2, 0.25) is 11.8 Å². The van der Waals surface area contributed by atoms with Crippen LogP contribution in [0.1, 0.15) is 6.92 Å². The summed E-state index contributed by atoms with van der Waals surface area (Å²) in [7, 11) is 0. The number of hydrogen-bond acceptors (Lipinski definition) is 4. The highest BCUT2D eigenvalue weighted by Gasteiger charge is 2.10. The van der Waals surface area contributed by atoms with Gasteiger partial charge in [-0.1, -0.05) is 17.8 Å². The SMILES string of the molecule is CC(=O)Nc1ccc(NC(=O)CSc2nccn2-c2cccc(F)c2)cc1. The highest BCUT2D eigenvalue weighted by molar-refractivity contribution is 7.99. The van der Waals surface area contributed by atoms with Crippen molar-refractivity contribution in [1.82, 2.24) is 9.55 Å². The van der Waals surface area contributed by atoms with Gasteiger partial charge in [-0.25, -0.2) is 9.37 Å². The van der Waals surface area contributed by atoms with Crippen LogP contribution in [0.2, 0.25) is 0 Å². The molecule has 0 atom stereocenters. The Labute approximate surface area is 159 Å². The van der Waals surface area contributed by atoms with Crippen molar-refractivity contribution in [3.05, 3.63) is 66.7 Å². The molecule has 0 radical (unpaired) electrons. The molecule has 2 N–H and O–H groups in total. The summed E-state index contributed by atoms with van der Waals surface area (Å²) in [5, 5.41) is 6.04. The second-order valence-corrected chi connectivity index (χ2v) is 6.60. The molecule has 3 aromatic rings. The van der Waals surface area contributed by atoms with Crippen molar-refractivity contribution < 1.29 is 14.0 Å². The molecule has 6 nitrogen and oxygen atoms in total. The van der Waals surface area contributed by atoms with Gasteiger partial charge < -0.3 is 10.6 Å². The van der Waals surface area contributed by atoms with Crippen molar-refractivity contribution >= 4 is 35.0 Å². The van der Waals surface area contributed by atoms with Gasteiger partial charge in [0.1, 0.15) is 5.82 Å². The van der Waals surface area contributed by atoms with Crippen LogP contribution in [0.25, 0.3) is 5.69 Å². The monoisotopic (exact) mass is 384 g/mol. The van der Waals surface area contributed by atoms with Crippen molar-refractivity contribution in [3.8, 4) is 5.69 Å². The molecule has 1 aromatic heterocycles. The Kier molecular flexibility index (Phi) is 5.87. The lowest BCUT2D eigenvalue weighted by atomic mass is 10.3. The maximum atomic E-state index is 13.4. The summed E-state index contributed by atoms with van der Waals surface area (Å²) >= 11 is 1.25. The fraction of sp³-hybridized carbons (Fsp3) is 0.105. The lowest BCUT2D eigenvalue weighted by Crippen LogP contribution is -2.14. The number of carbonyl (C=O) groups is 2. The molecule has 0 spiro atoms. The van der Waals surface area contributed by atoms with Gasteiger partial charge in [-0.2, -0.15) is 0 Å². The molecule has 0 aliphatic heterocycles. The minimum Gasteiger partial charge on any atom is -0.326 e. The zero-order valence-corrected chi connectivity index (χ0v) is 15.3. The smallest absolute Gasteiger partial charge is 0.234 e. The lowest BCUT2D eigenvalue weighted by molar-refractivity contribution is -0.114. The number of thioether (sulfide) groups is 1. The number of anilines is 2. The molecule has 2 amide bonds. The predicted molar refractivity (Wildman–Crippen MR) is 104 cm³/mol. The van der Waals surface area contributed by atoms with Gasteiger partial charge in [-0.15, -0.1) is 0 Å². The van der Waals surface area contributed by atoms with E-state index in [1.165, 1.54) is 30.8 Å². The number of amides is 2. The van der Waals surface area contributed by atoms with Gasteiger partial charge in [-0.3, -0.25) is 14.2 Å². The van der Waals surface area contributed by atoms with Gasteiger partial charge >= 0.3 is 0 Å². The average Bonchev–Trinajstić information content (AvgIpc) is 3.10. The Balaban J connectivity index is 1.59. The zero-order chi connectivity index (χ0) is 19.2. The minimum atomic E-state index is -0.336. The number of nitrogens with one attached hydrogen (secondary N) is 2. The van der Waals surface area contributed by atoms with Crippen molar-refractivity contribution in [2.24, 2.45) is 0 Å². The molecule has 1 heterocycles. The molecule has 0 aliphatic rings. The van der Waals surface area contributed by atoms with E-state index in [1.807, 2.05) is 0 Å². The van der Waals surface area contributed by atoms with Crippen molar-refractivity contribution in [1.29, 1.82) is 0 Å². The summed E-state index contributed by atoms with van der Waals surface area (Å²) in [6.07, 6.45) is 3.32. The van der Waals surface area contributed by atoms with Crippen LogP contribution >= 0.6 is 11.8 Å². The fourth-order valence-corrected chi connectivity index (χ4v) is 3.16. The number of nitrogens with zero attached hydrogens (tertiary/aromatic N) is 2. The Morgan fingerprint density at radius 3 is 2.48 bits per heavy atom. The topological polar surface area (TPSA) is 76.0 Å². The number of hydrogen-bond donors (Lipinski definition) is 2. The number of benzene rings is 2. The second-order valence-electron chi connectivity index (χ2n) is 5.66. The first-order valence-corrected chi connectivity index (χ1v) is 9.09. The van der Waals surface area contributed by atoms with E-state index in [4.69, 9.17) is 0 Å². The third-order valence-corrected chi connectivity index (χ3v) is 4.48. The minimum absolute atomic E-state index is 0.153. The van der Waals surface area contributed by atoms with Gasteiger partial charge in [0, 0.05) is 30.7 Å². The number of imidazole rings is 1. The molecule has 0 saturated heterocycles. The molecular formula is C19H17FN4O2S. The quantitative estimate of drug-likeness (QED) is 0.636. The maximum absolute atomic E-state index is 13.4. The standard InChI is InChI=1S/C19H17FN4O2S/c1-13(25)22-15-5-7-16(8-6-15)23-18(26)12-27-19-21-9-10-24(19)17-4-2-3-14(20)11-17/h2-11H,12H2,1H3,(H,22,25)(H,23,26). The molecule has 27 heavy (non-hydrogen) atoms. The average molecular weight is 384 g/mol. The summed E-state index contributed by atoms with van der Waals surface area (Å²) in [6, 6.07) is 13.0. The molecule has 0 fully saturated rings. The highest BCUT2D eigenvalue weighted by Crippen LogP contribution is 2.21. The van der Waals surface area contributed by atoms with Crippen molar-refractivity contribution in [2.75, 3.05) is 16.4 Å². The molecule has 0 unspecified atom stereocenters. The molecular weight excluding hydrogens is 367 g/mol. The van der Waals surface area contributed by atoms with Crippen LogP contribution in [0.4, 0.5) is 15.8 Å². The molecule has 138 valence electrons. The first kappa shape index (κ1) is 18.7. The van der Waals surface area contributed by atoms with E-state index in [9.17, 15) is 14.0 Å². The van der Waals surface area contributed by atoms with Crippen molar-refractivity contribution in [3.63, 3.8) is 0 Å². The van der Waals surface area contributed by atoms with E-state index in [0.29, 0.717) is 22.2 Å². The fourth-order valence-electron chi connectivity index (χ4n) is 2.39. The molecule has 0 aliphatic carbocycles. The van der Waals surface area contributed by atoms with Crippen LogP contribution in [0.5, 0.6) is 0 Å². The van der Waals surface area contributed by atoms with Crippen LogP contribution < -0.4 is 10.6 Å². The normalized spacial score (nSPS) is 10.4. The van der Waals surface area contributed by atoms with Gasteiger partial charge in [0.15, 0.2) is 5.16 Å². The second kappa shape index (κ2) is 8.50. The van der Waals surface area contributed by atoms with Crippen LogP contribution in [0.15, 0.2) is 66.1 Å². The van der Waals surface area contributed by atoms with E-state index in [1.54, 1.807) is 53.4 Å². The van der Waals surface area contributed by atoms with Gasteiger partial charge in [0.05, 0.1) is 11.4 Å². The van der Waals surface area contributed by atoms with E-state index in [-0.39, 0.29) is 23.4 Å². The van der Waals surface area contributed by atoms with Gasteiger partial charge in [-0.05, 0) is 42.5 Å². The third kappa shape index (κ3) is 5.18. The molecule has 2 aromatic carbocycles. The zero-order valence-electron chi connectivity index (χ0n) is 14.5. The van der Waals surface area contributed by atoms with Crippen LogP contribution in [0.3, 0.4) is 0 Å². The highest BCUT2D eigenvalue weighted by atomic mass is 32.2. The molecule has 8 heteroatoms. The number of halogens is 1. The number of rotatable bonds is 6. The summed E-state index contributed by atoms with van der Waals surface area (Å²) in [6.45, 7) is 1.43. The molecule has 0 bridgehead atoms. The number of carbonyl (C=O) groups excluding carboxylic acids is 2. The van der Waals surface area contributed by atoms with Crippen LogP contribution in [-0.4, -0.2) is 27.1 Å².